The fourth-order valence-corrected chi connectivity index (χ4v) is 1.93. The number of esters is 2. The molecule has 0 radical (unpaired) electrons. The quantitative estimate of drug-likeness (QED) is 0.438. The zero-order valence-corrected chi connectivity index (χ0v) is 13.6. The van der Waals surface area contributed by atoms with Crippen LogP contribution in [0.4, 0.5) is 0 Å². The highest BCUT2D eigenvalue weighted by Crippen LogP contribution is 2.20. The second-order valence-electron chi connectivity index (χ2n) is 5.03. The molecule has 2 aromatic rings. The Morgan fingerprint density at radius 2 is 2.00 bits per heavy atom. The van der Waals surface area contributed by atoms with Gasteiger partial charge in [-0.15, -0.1) is 0 Å². The standard InChI is InChI=1S/C17H18N2O5/c1-4-15(20)22-8-5-9-23-17(21)14-10-13(7-6-11(14)2)16-18-12(3)24-19-16/h4,6-7,10H,1,5,8-9H2,2-3H3. The van der Waals surface area contributed by atoms with Crippen LogP contribution in [-0.2, 0) is 14.3 Å². The van der Waals surface area contributed by atoms with E-state index in [-0.39, 0.29) is 13.2 Å². The molecular formula is C17H18N2O5. The molecule has 0 unspecified atom stereocenters. The van der Waals surface area contributed by atoms with Crippen LogP contribution in [0.15, 0.2) is 35.4 Å². The number of hydrogen-bond donors (Lipinski definition) is 0. The molecular weight excluding hydrogens is 312 g/mol. The molecule has 0 bridgehead atoms. The molecule has 1 aromatic carbocycles. The van der Waals surface area contributed by atoms with Gasteiger partial charge in [-0.3, -0.25) is 0 Å². The zero-order valence-electron chi connectivity index (χ0n) is 13.6. The summed E-state index contributed by atoms with van der Waals surface area (Å²) in [6.07, 6.45) is 1.49. The van der Waals surface area contributed by atoms with Crippen molar-refractivity contribution in [2.45, 2.75) is 20.3 Å². The topological polar surface area (TPSA) is 91.5 Å². The number of carbonyl (C=O) groups excluding carboxylic acids is 2. The van der Waals surface area contributed by atoms with E-state index in [1.54, 1.807) is 19.1 Å². The van der Waals surface area contributed by atoms with Gasteiger partial charge in [-0.2, -0.15) is 4.98 Å². The maximum absolute atomic E-state index is 12.2. The molecule has 126 valence electrons. The molecule has 0 aliphatic heterocycles. The zero-order chi connectivity index (χ0) is 17.5. The molecule has 0 N–H and O–H groups in total. The number of hydrogen-bond acceptors (Lipinski definition) is 7. The lowest BCUT2D eigenvalue weighted by atomic mass is 10.0. The van der Waals surface area contributed by atoms with E-state index < -0.39 is 11.9 Å². The Labute approximate surface area is 139 Å². The van der Waals surface area contributed by atoms with E-state index in [1.807, 2.05) is 13.0 Å². The molecule has 0 amide bonds. The Hall–Kier alpha value is -2.96. The van der Waals surface area contributed by atoms with Crippen LogP contribution in [0.2, 0.25) is 0 Å². The van der Waals surface area contributed by atoms with Crippen LogP contribution in [0.3, 0.4) is 0 Å². The minimum Gasteiger partial charge on any atom is -0.462 e. The number of nitrogens with zero attached hydrogens (tertiary/aromatic N) is 2. The van der Waals surface area contributed by atoms with E-state index in [4.69, 9.17) is 14.0 Å². The van der Waals surface area contributed by atoms with E-state index in [1.165, 1.54) is 0 Å². The molecule has 0 fully saturated rings. The van der Waals surface area contributed by atoms with Gasteiger partial charge in [0.1, 0.15) is 0 Å². The number of carbonyl (C=O) groups is 2. The van der Waals surface area contributed by atoms with Crippen LogP contribution in [0, 0.1) is 13.8 Å². The van der Waals surface area contributed by atoms with Crippen molar-refractivity contribution in [3.05, 3.63) is 47.9 Å². The first-order valence-electron chi connectivity index (χ1n) is 7.39. The van der Waals surface area contributed by atoms with Crippen molar-refractivity contribution in [2.24, 2.45) is 0 Å². The van der Waals surface area contributed by atoms with Crippen molar-refractivity contribution in [1.82, 2.24) is 10.1 Å². The Kier molecular flexibility index (Phi) is 5.83. The molecule has 0 saturated heterocycles. The normalized spacial score (nSPS) is 10.2. The summed E-state index contributed by atoms with van der Waals surface area (Å²) in [5.41, 5.74) is 1.88. The fraction of sp³-hybridized carbons (Fsp3) is 0.294. The van der Waals surface area contributed by atoms with Crippen LogP contribution in [0.25, 0.3) is 11.4 Å². The third-order valence-corrected chi connectivity index (χ3v) is 3.18. The van der Waals surface area contributed by atoms with Gasteiger partial charge in [-0.05, 0) is 18.6 Å². The number of ether oxygens (including phenoxy) is 2. The van der Waals surface area contributed by atoms with Crippen molar-refractivity contribution in [1.29, 1.82) is 0 Å². The molecule has 1 aromatic heterocycles. The van der Waals surface area contributed by atoms with Crippen molar-refractivity contribution >= 4 is 11.9 Å². The molecule has 0 atom stereocenters. The molecule has 0 spiro atoms. The molecule has 7 nitrogen and oxygen atoms in total. The number of aromatic nitrogens is 2. The van der Waals surface area contributed by atoms with Gasteiger partial charge in [0.15, 0.2) is 0 Å². The Bertz CT molecular complexity index is 751. The minimum atomic E-state index is -0.500. The van der Waals surface area contributed by atoms with E-state index in [0.29, 0.717) is 29.3 Å². The van der Waals surface area contributed by atoms with Gasteiger partial charge in [-0.25, -0.2) is 9.59 Å². The Morgan fingerprint density at radius 3 is 2.67 bits per heavy atom. The summed E-state index contributed by atoms with van der Waals surface area (Å²) in [4.78, 5) is 27.2. The first-order chi connectivity index (χ1) is 11.5. The first kappa shape index (κ1) is 17.4. The van der Waals surface area contributed by atoms with Crippen molar-refractivity contribution in [2.75, 3.05) is 13.2 Å². The lowest BCUT2D eigenvalue weighted by Gasteiger charge is -2.08. The molecule has 0 aliphatic rings. The summed E-state index contributed by atoms with van der Waals surface area (Å²) in [5.74, 6) is -0.0912. The number of rotatable bonds is 7. The van der Waals surface area contributed by atoms with Gasteiger partial charge in [0.25, 0.3) is 0 Å². The average Bonchev–Trinajstić information content (AvgIpc) is 3.01. The van der Waals surface area contributed by atoms with E-state index in [9.17, 15) is 9.59 Å². The first-order valence-corrected chi connectivity index (χ1v) is 7.39. The highest BCUT2D eigenvalue weighted by atomic mass is 16.5. The maximum atomic E-state index is 12.2. The lowest BCUT2D eigenvalue weighted by molar-refractivity contribution is -0.137. The largest absolute Gasteiger partial charge is 0.462 e. The highest BCUT2D eigenvalue weighted by Gasteiger charge is 2.14. The second-order valence-corrected chi connectivity index (χ2v) is 5.03. The third-order valence-electron chi connectivity index (χ3n) is 3.18. The van der Waals surface area contributed by atoms with Gasteiger partial charge >= 0.3 is 11.9 Å². The van der Waals surface area contributed by atoms with E-state index in [0.717, 1.165) is 11.6 Å². The van der Waals surface area contributed by atoms with Crippen molar-refractivity contribution in [3.8, 4) is 11.4 Å². The fourth-order valence-electron chi connectivity index (χ4n) is 1.93. The Balaban J connectivity index is 1.96. The van der Waals surface area contributed by atoms with Gasteiger partial charge in [0.2, 0.25) is 11.7 Å². The van der Waals surface area contributed by atoms with Crippen LogP contribution in [0.5, 0.6) is 0 Å². The van der Waals surface area contributed by atoms with Gasteiger partial charge < -0.3 is 14.0 Å². The highest BCUT2D eigenvalue weighted by molar-refractivity contribution is 5.92. The number of benzene rings is 1. The maximum Gasteiger partial charge on any atom is 0.338 e. The van der Waals surface area contributed by atoms with E-state index >= 15 is 0 Å². The summed E-state index contributed by atoms with van der Waals surface area (Å²) >= 11 is 0. The molecule has 2 rings (SSSR count). The van der Waals surface area contributed by atoms with Gasteiger partial charge in [0, 0.05) is 25.0 Å². The number of aryl methyl sites for hydroxylation is 2. The second kappa shape index (κ2) is 8.05. The summed E-state index contributed by atoms with van der Waals surface area (Å²) in [5, 5.41) is 3.83. The Morgan fingerprint density at radius 1 is 1.25 bits per heavy atom. The van der Waals surface area contributed by atoms with Crippen LogP contribution < -0.4 is 0 Å². The van der Waals surface area contributed by atoms with Gasteiger partial charge in [-0.1, -0.05) is 23.9 Å². The molecule has 24 heavy (non-hydrogen) atoms. The predicted molar refractivity (Wildman–Crippen MR) is 85.3 cm³/mol. The van der Waals surface area contributed by atoms with E-state index in [2.05, 4.69) is 16.7 Å². The van der Waals surface area contributed by atoms with Crippen LogP contribution in [-0.4, -0.2) is 35.3 Å². The molecule has 0 aliphatic carbocycles. The van der Waals surface area contributed by atoms with Crippen LogP contribution in [0.1, 0.15) is 28.2 Å². The summed E-state index contributed by atoms with van der Waals surface area (Å²) in [6, 6.07) is 5.27. The summed E-state index contributed by atoms with van der Waals surface area (Å²) in [7, 11) is 0. The van der Waals surface area contributed by atoms with Crippen molar-refractivity contribution in [3.63, 3.8) is 0 Å². The predicted octanol–water partition coefficient (Wildman–Crippen LogP) is 2.63. The summed E-state index contributed by atoms with van der Waals surface area (Å²) < 4.78 is 15.0. The monoisotopic (exact) mass is 330 g/mol. The van der Waals surface area contributed by atoms with Gasteiger partial charge in [0.05, 0.1) is 18.8 Å². The minimum absolute atomic E-state index is 0.147. The molecule has 0 saturated carbocycles. The summed E-state index contributed by atoms with van der Waals surface area (Å²) in [6.45, 7) is 7.11. The lowest BCUT2D eigenvalue weighted by Crippen LogP contribution is -2.11. The molecule has 1 heterocycles. The third kappa shape index (κ3) is 4.52. The van der Waals surface area contributed by atoms with Crippen molar-refractivity contribution < 1.29 is 23.6 Å². The molecule has 7 heteroatoms. The SMILES string of the molecule is C=CC(=O)OCCCOC(=O)c1cc(-c2noc(C)n2)ccc1C. The smallest absolute Gasteiger partial charge is 0.338 e. The van der Waals surface area contributed by atoms with Crippen LogP contribution >= 0.6 is 0 Å². The average molecular weight is 330 g/mol.